The molecule has 0 fully saturated rings. The fraction of sp³-hybridized carbons (Fsp3) is 0.400. The smallest absolute Gasteiger partial charge is 0.309 e. The van der Waals surface area contributed by atoms with Crippen LogP contribution in [0.5, 0.6) is 0 Å². The SMILES string of the molecule is CCOC(=O)CC(O)(N=[N+]=[N-])c1cccnc1Cl. The van der Waals surface area contributed by atoms with Crippen LogP contribution in [-0.2, 0) is 15.3 Å². The molecule has 0 saturated carbocycles. The molecule has 1 atom stereocenters. The molecule has 1 unspecified atom stereocenters. The minimum absolute atomic E-state index is 0.0447. The summed E-state index contributed by atoms with van der Waals surface area (Å²) in [6, 6.07) is 2.92. The lowest BCUT2D eigenvalue weighted by Gasteiger charge is -2.22. The normalized spacial score (nSPS) is 13.3. The van der Waals surface area contributed by atoms with Gasteiger partial charge in [0, 0.05) is 16.7 Å². The molecule has 0 aliphatic rings. The monoisotopic (exact) mass is 270 g/mol. The Morgan fingerprint density at radius 3 is 3.06 bits per heavy atom. The molecule has 0 aromatic carbocycles. The Kier molecular flexibility index (Phi) is 4.91. The largest absolute Gasteiger partial charge is 0.466 e. The number of rotatable bonds is 5. The van der Waals surface area contributed by atoms with E-state index in [9.17, 15) is 9.90 Å². The van der Waals surface area contributed by atoms with Gasteiger partial charge in [0.2, 0.25) is 0 Å². The Morgan fingerprint density at radius 1 is 1.78 bits per heavy atom. The summed E-state index contributed by atoms with van der Waals surface area (Å²) >= 11 is 5.80. The van der Waals surface area contributed by atoms with Crippen molar-refractivity contribution in [1.82, 2.24) is 4.98 Å². The Bertz CT molecular complexity index is 490. The molecule has 96 valence electrons. The average Bonchev–Trinajstić information content (AvgIpc) is 2.29. The van der Waals surface area contributed by atoms with E-state index in [0.717, 1.165) is 0 Å². The van der Waals surface area contributed by atoms with Gasteiger partial charge in [0.05, 0.1) is 13.0 Å². The second-order valence-corrected chi connectivity index (χ2v) is 3.69. The van der Waals surface area contributed by atoms with Crippen LogP contribution in [0.15, 0.2) is 23.4 Å². The van der Waals surface area contributed by atoms with Crippen LogP contribution in [0.4, 0.5) is 0 Å². The molecule has 0 saturated heterocycles. The standard InChI is InChI=1S/C10H11ClN4O3/c1-2-18-8(16)6-10(17,14-15-12)7-4-3-5-13-9(7)11/h3-5,17H,2,6H2,1H3. The highest BCUT2D eigenvalue weighted by Crippen LogP contribution is 2.31. The minimum atomic E-state index is -2.10. The number of aromatic nitrogens is 1. The maximum atomic E-state index is 11.4. The van der Waals surface area contributed by atoms with Crippen molar-refractivity contribution >= 4 is 17.6 Å². The van der Waals surface area contributed by atoms with E-state index in [0.29, 0.717) is 0 Å². The third-order valence-corrected chi connectivity index (χ3v) is 2.40. The predicted octanol–water partition coefficient (Wildman–Crippen LogP) is 2.14. The number of carbonyl (C=O) groups excluding carboxylic acids is 1. The lowest BCUT2D eigenvalue weighted by molar-refractivity contribution is -0.148. The first kappa shape index (κ1) is 14.2. The fourth-order valence-corrected chi connectivity index (χ4v) is 1.63. The van der Waals surface area contributed by atoms with Gasteiger partial charge in [-0.1, -0.05) is 22.8 Å². The average molecular weight is 271 g/mol. The van der Waals surface area contributed by atoms with E-state index in [1.807, 2.05) is 0 Å². The molecule has 0 aliphatic heterocycles. The van der Waals surface area contributed by atoms with Crippen LogP contribution >= 0.6 is 11.6 Å². The molecular weight excluding hydrogens is 260 g/mol. The Balaban J connectivity index is 3.12. The van der Waals surface area contributed by atoms with E-state index in [4.69, 9.17) is 21.9 Å². The summed E-state index contributed by atoms with van der Waals surface area (Å²) in [7, 11) is 0. The zero-order valence-corrected chi connectivity index (χ0v) is 10.3. The molecule has 7 nitrogen and oxygen atoms in total. The predicted molar refractivity (Wildman–Crippen MR) is 63.5 cm³/mol. The van der Waals surface area contributed by atoms with Gasteiger partial charge in [-0.05, 0) is 18.5 Å². The van der Waals surface area contributed by atoms with Crippen molar-refractivity contribution in [2.24, 2.45) is 5.11 Å². The number of pyridine rings is 1. The third kappa shape index (κ3) is 3.33. The summed E-state index contributed by atoms with van der Waals surface area (Å²) in [6.45, 7) is 1.79. The number of hydrogen-bond acceptors (Lipinski definition) is 5. The maximum Gasteiger partial charge on any atom is 0.309 e. The van der Waals surface area contributed by atoms with Crippen molar-refractivity contribution in [3.8, 4) is 0 Å². The molecule has 0 spiro atoms. The van der Waals surface area contributed by atoms with Gasteiger partial charge in [0.1, 0.15) is 5.15 Å². The van der Waals surface area contributed by atoms with Crippen LogP contribution in [0.1, 0.15) is 18.9 Å². The van der Waals surface area contributed by atoms with Crippen molar-refractivity contribution < 1.29 is 14.6 Å². The van der Waals surface area contributed by atoms with E-state index >= 15 is 0 Å². The number of halogens is 1. The fourth-order valence-electron chi connectivity index (χ4n) is 1.36. The van der Waals surface area contributed by atoms with Gasteiger partial charge in [-0.15, -0.1) is 0 Å². The van der Waals surface area contributed by atoms with E-state index < -0.39 is 18.1 Å². The molecule has 8 heteroatoms. The third-order valence-electron chi connectivity index (χ3n) is 2.10. The summed E-state index contributed by atoms with van der Waals surface area (Å²) in [6.07, 6.45) is 0.878. The second kappa shape index (κ2) is 6.20. The van der Waals surface area contributed by atoms with Crippen LogP contribution in [0.3, 0.4) is 0 Å². The molecule has 0 radical (unpaired) electrons. The summed E-state index contributed by atoms with van der Waals surface area (Å²) in [5, 5.41) is 13.4. The molecule has 1 aromatic rings. The Hall–Kier alpha value is -1.82. The van der Waals surface area contributed by atoms with Crippen LogP contribution < -0.4 is 0 Å². The first-order chi connectivity index (χ1) is 8.53. The molecule has 0 bridgehead atoms. The zero-order chi connectivity index (χ0) is 13.6. The van der Waals surface area contributed by atoms with Gasteiger partial charge >= 0.3 is 5.97 Å². The minimum Gasteiger partial charge on any atom is -0.466 e. The summed E-state index contributed by atoms with van der Waals surface area (Å²) < 4.78 is 4.70. The van der Waals surface area contributed by atoms with Crippen LogP contribution in [0.25, 0.3) is 10.4 Å². The highest BCUT2D eigenvalue weighted by Gasteiger charge is 2.34. The molecule has 1 N–H and O–H groups in total. The van der Waals surface area contributed by atoms with Crippen molar-refractivity contribution in [2.75, 3.05) is 6.61 Å². The molecule has 1 aromatic heterocycles. The molecule has 18 heavy (non-hydrogen) atoms. The lowest BCUT2D eigenvalue weighted by Crippen LogP contribution is -2.28. The van der Waals surface area contributed by atoms with Gasteiger partial charge in [0.15, 0.2) is 5.72 Å². The number of ether oxygens (including phenoxy) is 1. The van der Waals surface area contributed by atoms with Gasteiger partial charge in [-0.25, -0.2) is 4.98 Å². The van der Waals surface area contributed by atoms with E-state index in [2.05, 4.69) is 15.0 Å². The number of esters is 1. The van der Waals surface area contributed by atoms with Crippen molar-refractivity contribution in [3.63, 3.8) is 0 Å². The van der Waals surface area contributed by atoms with E-state index in [1.54, 1.807) is 6.92 Å². The van der Waals surface area contributed by atoms with E-state index in [-0.39, 0.29) is 17.3 Å². The Morgan fingerprint density at radius 2 is 2.50 bits per heavy atom. The van der Waals surface area contributed by atoms with Crippen molar-refractivity contribution in [1.29, 1.82) is 0 Å². The number of nitrogens with zero attached hydrogens (tertiary/aromatic N) is 4. The van der Waals surface area contributed by atoms with Crippen LogP contribution in [-0.4, -0.2) is 22.7 Å². The van der Waals surface area contributed by atoms with Crippen molar-refractivity contribution in [2.45, 2.75) is 19.1 Å². The van der Waals surface area contributed by atoms with Gasteiger partial charge in [-0.3, -0.25) is 4.79 Å². The van der Waals surface area contributed by atoms with Crippen LogP contribution in [0, 0.1) is 0 Å². The summed E-state index contributed by atoms with van der Waals surface area (Å²) in [4.78, 5) is 17.7. The topological polar surface area (TPSA) is 108 Å². The summed E-state index contributed by atoms with van der Waals surface area (Å²) in [5.74, 6) is -0.702. The Labute approximate surface area is 108 Å². The summed E-state index contributed by atoms with van der Waals surface area (Å²) in [5.41, 5.74) is 6.43. The highest BCUT2D eigenvalue weighted by molar-refractivity contribution is 6.30. The van der Waals surface area contributed by atoms with Crippen LogP contribution in [0.2, 0.25) is 5.15 Å². The number of azide groups is 1. The quantitative estimate of drug-likeness (QED) is 0.291. The number of carbonyl (C=O) groups is 1. The molecule has 1 rings (SSSR count). The molecule has 1 heterocycles. The lowest BCUT2D eigenvalue weighted by atomic mass is 10.0. The van der Waals surface area contributed by atoms with E-state index in [1.165, 1.54) is 18.3 Å². The first-order valence-corrected chi connectivity index (χ1v) is 5.46. The number of aliphatic hydroxyl groups is 1. The zero-order valence-electron chi connectivity index (χ0n) is 9.58. The molecule has 0 aliphatic carbocycles. The van der Waals surface area contributed by atoms with Gasteiger partial charge in [0.25, 0.3) is 0 Å². The second-order valence-electron chi connectivity index (χ2n) is 3.33. The highest BCUT2D eigenvalue weighted by atomic mass is 35.5. The molecule has 0 amide bonds. The molecular formula is C10H11ClN4O3. The van der Waals surface area contributed by atoms with Crippen molar-refractivity contribution in [3.05, 3.63) is 39.5 Å². The number of hydrogen-bond donors (Lipinski definition) is 1. The maximum absolute atomic E-state index is 11.4. The van der Waals surface area contributed by atoms with Gasteiger partial charge < -0.3 is 9.84 Å². The van der Waals surface area contributed by atoms with Gasteiger partial charge in [-0.2, -0.15) is 0 Å². The first-order valence-electron chi connectivity index (χ1n) is 5.08.